The molecule has 168 valence electrons. The molecule has 2 aromatic rings. The van der Waals surface area contributed by atoms with Gasteiger partial charge < -0.3 is 10.1 Å². The Kier molecular flexibility index (Phi) is 8.60. The van der Waals surface area contributed by atoms with Crippen molar-refractivity contribution in [1.82, 2.24) is 5.32 Å². The molecule has 31 heavy (non-hydrogen) atoms. The summed E-state index contributed by atoms with van der Waals surface area (Å²) in [6.45, 7) is 0.622. The second kappa shape index (κ2) is 11.2. The number of ether oxygens (including phenoxy) is 1. The number of hydrogen-bond donors (Lipinski definition) is 1. The number of benzene rings is 2. The Morgan fingerprint density at radius 3 is 2.45 bits per heavy atom. The van der Waals surface area contributed by atoms with Gasteiger partial charge in [0.2, 0.25) is 5.91 Å². The average molecular weight is 485 g/mol. The Morgan fingerprint density at radius 2 is 1.77 bits per heavy atom. The summed E-state index contributed by atoms with van der Waals surface area (Å²) < 4.78 is 33.3. The minimum atomic E-state index is -4.00. The van der Waals surface area contributed by atoms with Gasteiger partial charge in [0.1, 0.15) is 6.54 Å². The molecule has 6 nitrogen and oxygen atoms in total. The molecule has 0 aliphatic heterocycles. The van der Waals surface area contributed by atoms with Gasteiger partial charge in [-0.05, 0) is 61.7 Å². The molecule has 1 aliphatic carbocycles. The van der Waals surface area contributed by atoms with Gasteiger partial charge in [-0.2, -0.15) is 0 Å². The fourth-order valence-electron chi connectivity index (χ4n) is 3.47. The van der Waals surface area contributed by atoms with E-state index in [2.05, 4.69) is 5.32 Å². The first kappa shape index (κ1) is 23.9. The largest absolute Gasteiger partial charge is 0.378 e. The quantitative estimate of drug-likeness (QED) is 0.497. The molecule has 0 saturated heterocycles. The van der Waals surface area contributed by atoms with Crippen molar-refractivity contribution in [3.8, 4) is 0 Å². The maximum atomic E-state index is 13.3. The summed E-state index contributed by atoms with van der Waals surface area (Å²) in [4.78, 5) is 12.6. The summed E-state index contributed by atoms with van der Waals surface area (Å²) >= 11 is 11.9. The van der Waals surface area contributed by atoms with Gasteiger partial charge in [-0.3, -0.25) is 9.10 Å². The van der Waals surface area contributed by atoms with Gasteiger partial charge in [0, 0.05) is 23.2 Å². The second-order valence-corrected chi connectivity index (χ2v) is 10.2. The third-order valence-corrected chi connectivity index (χ3v) is 7.36. The van der Waals surface area contributed by atoms with Crippen molar-refractivity contribution in [2.75, 3.05) is 24.0 Å². The van der Waals surface area contributed by atoms with Crippen LogP contribution >= 0.6 is 23.2 Å². The Balaban J connectivity index is 1.65. The van der Waals surface area contributed by atoms with Crippen LogP contribution in [0.4, 0.5) is 5.69 Å². The maximum Gasteiger partial charge on any atom is 0.264 e. The zero-order chi connectivity index (χ0) is 22.3. The van der Waals surface area contributed by atoms with Crippen molar-refractivity contribution in [2.45, 2.75) is 43.1 Å². The minimum Gasteiger partial charge on any atom is -0.378 e. The van der Waals surface area contributed by atoms with Crippen molar-refractivity contribution in [2.24, 2.45) is 0 Å². The van der Waals surface area contributed by atoms with Crippen LogP contribution in [0.25, 0.3) is 0 Å². The molecule has 0 radical (unpaired) electrons. The lowest BCUT2D eigenvalue weighted by molar-refractivity contribution is -0.119. The van der Waals surface area contributed by atoms with Crippen LogP contribution in [-0.2, 0) is 19.6 Å². The van der Waals surface area contributed by atoms with Crippen molar-refractivity contribution in [3.63, 3.8) is 0 Å². The predicted octanol–water partition coefficient (Wildman–Crippen LogP) is 4.65. The molecule has 1 amide bonds. The summed E-state index contributed by atoms with van der Waals surface area (Å²) in [6, 6.07) is 12.2. The zero-order valence-electron chi connectivity index (χ0n) is 17.1. The molecular weight excluding hydrogens is 459 g/mol. The Hall–Kier alpha value is -1.80. The highest BCUT2D eigenvalue weighted by atomic mass is 35.5. The van der Waals surface area contributed by atoms with E-state index < -0.39 is 15.9 Å². The first-order valence-electron chi connectivity index (χ1n) is 10.3. The second-order valence-electron chi connectivity index (χ2n) is 7.43. The highest BCUT2D eigenvalue weighted by Gasteiger charge is 2.27. The Morgan fingerprint density at radius 1 is 1.06 bits per heavy atom. The van der Waals surface area contributed by atoms with E-state index in [4.69, 9.17) is 27.9 Å². The number of halogens is 2. The molecule has 0 bridgehead atoms. The van der Waals surface area contributed by atoms with E-state index in [1.807, 2.05) is 0 Å². The van der Waals surface area contributed by atoms with Gasteiger partial charge in [0.25, 0.3) is 10.0 Å². The molecule has 9 heteroatoms. The molecule has 0 heterocycles. The number of nitrogens with one attached hydrogen (secondary N) is 1. The molecule has 0 aromatic heterocycles. The van der Waals surface area contributed by atoms with Crippen LogP contribution in [0.15, 0.2) is 53.4 Å². The lowest BCUT2D eigenvalue weighted by Crippen LogP contribution is -2.41. The van der Waals surface area contributed by atoms with E-state index in [-0.39, 0.29) is 11.4 Å². The minimum absolute atomic E-state index is 0.0367. The van der Waals surface area contributed by atoms with E-state index in [9.17, 15) is 13.2 Å². The summed E-state index contributed by atoms with van der Waals surface area (Å²) in [5.41, 5.74) is 0.308. The zero-order valence-corrected chi connectivity index (χ0v) is 19.4. The fourth-order valence-corrected chi connectivity index (χ4v) is 5.19. The maximum absolute atomic E-state index is 13.3. The number of anilines is 1. The molecule has 1 aliphatic rings. The SMILES string of the molecule is O=C(CN(c1cccc(Cl)c1)S(=O)(=O)c1ccc(Cl)cc1)NCCCOC1CCCC1. The molecule has 2 aromatic carbocycles. The van der Waals surface area contributed by atoms with Crippen LogP contribution < -0.4 is 9.62 Å². The van der Waals surface area contributed by atoms with Gasteiger partial charge in [0.15, 0.2) is 0 Å². The fraction of sp³-hybridized carbons (Fsp3) is 0.409. The van der Waals surface area contributed by atoms with Crippen LogP contribution in [0, 0.1) is 0 Å². The summed E-state index contributed by atoms with van der Waals surface area (Å²) in [7, 11) is -4.00. The topological polar surface area (TPSA) is 75.7 Å². The normalized spacial score (nSPS) is 14.5. The van der Waals surface area contributed by atoms with Crippen molar-refractivity contribution >= 4 is 44.8 Å². The van der Waals surface area contributed by atoms with Gasteiger partial charge in [-0.1, -0.05) is 42.1 Å². The lowest BCUT2D eigenvalue weighted by Gasteiger charge is -2.24. The molecule has 1 saturated carbocycles. The van der Waals surface area contributed by atoms with Crippen LogP contribution in [0.5, 0.6) is 0 Å². The van der Waals surface area contributed by atoms with Gasteiger partial charge >= 0.3 is 0 Å². The highest BCUT2D eigenvalue weighted by molar-refractivity contribution is 7.92. The number of nitrogens with zero attached hydrogens (tertiary/aromatic N) is 1. The number of sulfonamides is 1. The number of rotatable bonds is 10. The smallest absolute Gasteiger partial charge is 0.264 e. The van der Waals surface area contributed by atoms with Crippen LogP contribution in [-0.4, -0.2) is 40.1 Å². The van der Waals surface area contributed by atoms with Gasteiger partial charge in [0.05, 0.1) is 16.7 Å². The van der Waals surface area contributed by atoms with E-state index >= 15 is 0 Å². The summed E-state index contributed by atoms with van der Waals surface area (Å²) in [5.74, 6) is -0.404. The molecule has 1 fully saturated rings. The third kappa shape index (κ3) is 6.84. The number of carbonyl (C=O) groups is 1. The lowest BCUT2D eigenvalue weighted by atomic mass is 10.3. The summed E-state index contributed by atoms with van der Waals surface area (Å²) in [6.07, 6.45) is 5.63. The molecule has 0 atom stereocenters. The third-order valence-electron chi connectivity index (χ3n) is 5.08. The number of hydrogen-bond acceptors (Lipinski definition) is 4. The van der Waals surface area contributed by atoms with Crippen LogP contribution in [0.2, 0.25) is 10.0 Å². The highest BCUT2D eigenvalue weighted by Crippen LogP contribution is 2.26. The Bertz CT molecular complexity index is 977. The van der Waals surface area contributed by atoms with E-state index in [1.165, 1.54) is 43.2 Å². The van der Waals surface area contributed by atoms with Crippen molar-refractivity contribution in [3.05, 3.63) is 58.6 Å². The monoisotopic (exact) mass is 484 g/mol. The van der Waals surface area contributed by atoms with Crippen LogP contribution in [0.1, 0.15) is 32.1 Å². The molecular formula is C22H26Cl2N2O4S. The van der Waals surface area contributed by atoms with Crippen molar-refractivity contribution < 1.29 is 17.9 Å². The first-order chi connectivity index (χ1) is 14.9. The molecule has 3 rings (SSSR count). The van der Waals surface area contributed by atoms with E-state index in [0.717, 1.165) is 17.1 Å². The van der Waals surface area contributed by atoms with Gasteiger partial charge in [-0.25, -0.2) is 8.42 Å². The molecule has 0 spiro atoms. The number of carbonyl (C=O) groups excluding carboxylic acids is 1. The molecule has 0 unspecified atom stereocenters. The molecule has 1 N–H and O–H groups in total. The van der Waals surface area contributed by atoms with Gasteiger partial charge in [-0.15, -0.1) is 0 Å². The van der Waals surface area contributed by atoms with Crippen molar-refractivity contribution in [1.29, 1.82) is 0 Å². The first-order valence-corrected chi connectivity index (χ1v) is 12.5. The summed E-state index contributed by atoms with van der Waals surface area (Å²) in [5, 5.41) is 3.57. The average Bonchev–Trinajstić information content (AvgIpc) is 3.25. The standard InChI is InChI=1S/C22H26Cl2N2O4S/c23-17-9-11-21(12-10-17)31(28,29)26(19-6-3-5-18(24)15-19)16-22(27)25-13-4-14-30-20-7-1-2-8-20/h3,5-6,9-12,15,20H,1-2,4,7-8,13-14,16H2,(H,25,27). The number of amides is 1. The van der Waals surface area contributed by atoms with E-state index in [1.54, 1.807) is 18.2 Å². The van der Waals surface area contributed by atoms with E-state index in [0.29, 0.717) is 41.4 Å². The predicted molar refractivity (Wildman–Crippen MR) is 123 cm³/mol. The Labute approximate surface area is 193 Å². The van der Waals surface area contributed by atoms with Crippen LogP contribution in [0.3, 0.4) is 0 Å².